The van der Waals surface area contributed by atoms with Gasteiger partial charge >= 0.3 is 0 Å². The summed E-state index contributed by atoms with van der Waals surface area (Å²) in [5, 5.41) is 10.5. The van der Waals surface area contributed by atoms with E-state index >= 15 is 0 Å². The van der Waals surface area contributed by atoms with Gasteiger partial charge in [-0.25, -0.2) is 13.2 Å². The van der Waals surface area contributed by atoms with Crippen LogP contribution in [-0.4, -0.2) is 5.11 Å². The zero-order valence-electron chi connectivity index (χ0n) is 9.92. The fourth-order valence-corrected chi connectivity index (χ4v) is 2.57. The number of hydrogen-bond acceptors (Lipinski definition) is 1. The Labute approximate surface area is 116 Å². The molecule has 0 saturated carbocycles. The van der Waals surface area contributed by atoms with Crippen molar-refractivity contribution in [3.63, 3.8) is 0 Å². The predicted molar refractivity (Wildman–Crippen MR) is 69.1 cm³/mol. The monoisotopic (exact) mass is 330 g/mol. The van der Waals surface area contributed by atoms with Gasteiger partial charge in [0.1, 0.15) is 5.60 Å². The van der Waals surface area contributed by atoms with Gasteiger partial charge in [0.2, 0.25) is 0 Å². The quantitative estimate of drug-likeness (QED) is 0.821. The molecular formula is C14H10BrF3O. The maximum absolute atomic E-state index is 13.8. The van der Waals surface area contributed by atoms with Crippen molar-refractivity contribution in [3.8, 4) is 0 Å². The summed E-state index contributed by atoms with van der Waals surface area (Å²) in [5.74, 6) is -4.27. The number of benzene rings is 2. The number of halogens is 4. The average molecular weight is 331 g/mol. The van der Waals surface area contributed by atoms with Gasteiger partial charge in [-0.3, -0.25) is 0 Å². The van der Waals surface area contributed by atoms with Crippen LogP contribution in [0.3, 0.4) is 0 Å². The van der Waals surface area contributed by atoms with Gasteiger partial charge in [-0.05, 0) is 25.1 Å². The molecule has 0 aromatic heterocycles. The Morgan fingerprint density at radius 2 is 1.58 bits per heavy atom. The first-order chi connectivity index (χ1) is 8.85. The van der Waals surface area contributed by atoms with Crippen molar-refractivity contribution in [3.05, 3.63) is 69.4 Å². The van der Waals surface area contributed by atoms with Gasteiger partial charge in [0.05, 0.1) is 0 Å². The molecule has 2 aromatic carbocycles. The van der Waals surface area contributed by atoms with Crippen molar-refractivity contribution in [2.24, 2.45) is 0 Å². The molecule has 0 bridgehead atoms. The van der Waals surface area contributed by atoms with Crippen LogP contribution in [0.2, 0.25) is 0 Å². The molecule has 2 aromatic rings. The van der Waals surface area contributed by atoms with E-state index < -0.39 is 23.1 Å². The molecule has 5 heteroatoms. The highest BCUT2D eigenvalue weighted by molar-refractivity contribution is 9.10. The molecule has 0 fully saturated rings. The lowest BCUT2D eigenvalue weighted by molar-refractivity contribution is 0.0959. The molecule has 2 rings (SSSR count). The van der Waals surface area contributed by atoms with E-state index in [0.29, 0.717) is 10.0 Å². The molecule has 0 aliphatic rings. The van der Waals surface area contributed by atoms with E-state index in [2.05, 4.69) is 15.9 Å². The predicted octanol–water partition coefficient (Wildman–Crippen LogP) is 4.12. The maximum Gasteiger partial charge on any atom is 0.194 e. The molecule has 0 aliphatic carbocycles. The van der Waals surface area contributed by atoms with E-state index in [1.165, 1.54) is 6.92 Å². The molecule has 0 aliphatic heterocycles. The minimum absolute atomic E-state index is 0.321. The maximum atomic E-state index is 13.8. The van der Waals surface area contributed by atoms with Crippen LogP contribution in [0.1, 0.15) is 18.1 Å². The first-order valence-electron chi connectivity index (χ1n) is 5.47. The summed E-state index contributed by atoms with van der Waals surface area (Å²) in [5.41, 5.74) is -1.74. The van der Waals surface area contributed by atoms with E-state index in [4.69, 9.17) is 0 Å². The van der Waals surface area contributed by atoms with Crippen molar-refractivity contribution < 1.29 is 18.3 Å². The van der Waals surface area contributed by atoms with Crippen LogP contribution < -0.4 is 0 Å². The topological polar surface area (TPSA) is 20.2 Å². The molecule has 1 N–H and O–H groups in total. The molecule has 0 saturated heterocycles. The second-order valence-electron chi connectivity index (χ2n) is 4.27. The molecule has 1 atom stereocenters. The Kier molecular flexibility index (Phi) is 3.69. The lowest BCUT2D eigenvalue weighted by atomic mass is 9.88. The smallest absolute Gasteiger partial charge is 0.194 e. The molecule has 0 spiro atoms. The summed E-state index contributed by atoms with van der Waals surface area (Å²) in [7, 11) is 0. The first-order valence-corrected chi connectivity index (χ1v) is 6.26. The van der Waals surface area contributed by atoms with Crippen molar-refractivity contribution >= 4 is 15.9 Å². The fourth-order valence-electron chi connectivity index (χ4n) is 1.90. The van der Waals surface area contributed by atoms with E-state index in [1.807, 2.05) is 0 Å². The highest BCUT2D eigenvalue weighted by atomic mass is 79.9. The number of rotatable bonds is 2. The van der Waals surface area contributed by atoms with Gasteiger partial charge in [0, 0.05) is 15.6 Å². The third-order valence-corrected chi connectivity index (χ3v) is 3.65. The molecule has 0 radical (unpaired) electrons. The number of hydrogen-bond donors (Lipinski definition) is 1. The van der Waals surface area contributed by atoms with Crippen LogP contribution in [0.15, 0.2) is 40.9 Å². The molecule has 0 amide bonds. The Hall–Kier alpha value is -1.33. The van der Waals surface area contributed by atoms with Crippen LogP contribution in [0.25, 0.3) is 0 Å². The van der Waals surface area contributed by atoms with Crippen LogP contribution in [0.4, 0.5) is 13.2 Å². The van der Waals surface area contributed by atoms with Gasteiger partial charge < -0.3 is 5.11 Å². The molecular weight excluding hydrogens is 321 g/mol. The summed E-state index contributed by atoms with van der Waals surface area (Å²) in [6.45, 7) is 1.32. The van der Waals surface area contributed by atoms with Crippen LogP contribution in [0, 0.1) is 17.5 Å². The Balaban J connectivity index is 2.64. The summed E-state index contributed by atoms with van der Waals surface area (Å²) in [4.78, 5) is 0. The average Bonchev–Trinajstić information content (AvgIpc) is 2.36. The lowest BCUT2D eigenvalue weighted by Gasteiger charge is -2.26. The SMILES string of the molecule is CC(O)(c1ccccc1Br)c1ccc(F)c(F)c1F. The highest BCUT2D eigenvalue weighted by Gasteiger charge is 2.32. The van der Waals surface area contributed by atoms with E-state index in [0.717, 1.165) is 12.1 Å². The second-order valence-corrected chi connectivity index (χ2v) is 5.13. The minimum atomic E-state index is -1.78. The zero-order valence-corrected chi connectivity index (χ0v) is 11.5. The van der Waals surface area contributed by atoms with Crippen molar-refractivity contribution in [2.75, 3.05) is 0 Å². The van der Waals surface area contributed by atoms with Gasteiger partial charge in [-0.1, -0.05) is 34.1 Å². The first kappa shape index (κ1) is 14.1. The standard InChI is InChI=1S/C14H10BrF3O/c1-14(19,8-4-2-3-5-10(8)15)9-6-7-11(16)13(18)12(9)17/h2-7,19H,1H3. The Morgan fingerprint density at radius 1 is 0.947 bits per heavy atom. The Morgan fingerprint density at radius 3 is 2.21 bits per heavy atom. The van der Waals surface area contributed by atoms with Gasteiger partial charge in [0.25, 0.3) is 0 Å². The van der Waals surface area contributed by atoms with Gasteiger partial charge in [-0.2, -0.15) is 0 Å². The van der Waals surface area contributed by atoms with Gasteiger partial charge in [-0.15, -0.1) is 0 Å². The zero-order chi connectivity index (χ0) is 14.2. The minimum Gasteiger partial charge on any atom is -0.381 e. The summed E-state index contributed by atoms with van der Waals surface area (Å²) in [6, 6.07) is 8.45. The third kappa shape index (κ3) is 2.40. The van der Waals surface area contributed by atoms with Crippen molar-refractivity contribution in [1.82, 2.24) is 0 Å². The van der Waals surface area contributed by atoms with Gasteiger partial charge in [0.15, 0.2) is 17.5 Å². The molecule has 100 valence electrons. The normalized spacial score (nSPS) is 14.2. The van der Waals surface area contributed by atoms with Crippen molar-refractivity contribution in [1.29, 1.82) is 0 Å². The van der Waals surface area contributed by atoms with E-state index in [-0.39, 0.29) is 5.56 Å². The van der Waals surface area contributed by atoms with Crippen LogP contribution >= 0.6 is 15.9 Å². The van der Waals surface area contributed by atoms with Crippen LogP contribution in [-0.2, 0) is 5.60 Å². The van der Waals surface area contributed by atoms with E-state index in [1.54, 1.807) is 24.3 Å². The summed E-state index contributed by atoms with van der Waals surface area (Å²) in [6.07, 6.45) is 0. The molecule has 0 heterocycles. The van der Waals surface area contributed by atoms with E-state index in [9.17, 15) is 18.3 Å². The largest absolute Gasteiger partial charge is 0.381 e. The van der Waals surface area contributed by atoms with Crippen LogP contribution in [0.5, 0.6) is 0 Å². The molecule has 1 unspecified atom stereocenters. The summed E-state index contributed by atoms with van der Waals surface area (Å²) < 4.78 is 40.5. The lowest BCUT2D eigenvalue weighted by Crippen LogP contribution is -2.25. The third-order valence-electron chi connectivity index (χ3n) is 2.96. The Bertz CT molecular complexity index is 626. The second kappa shape index (κ2) is 4.98. The highest BCUT2D eigenvalue weighted by Crippen LogP contribution is 2.36. The number of aliphatic hydroxyl groups is 1. The molecule has 1 nitrogen and oxygen atoms in total. The molecule has 19 heavy (non-hydrogen) atoms. The summed E-state index contributed by atoms with van der Waals surface area (Å²) >= 11 is 3.24. The van der Waals surface area contributed by atoms with Crippen molar-refractivity contribution in [2.45, 2.75) is 12.5 Å². The fraction of sp³-hybridized carbons (Fsp3) is 0.143.